The van der Waals surface area contributed by atoms with Gasteiger partial charge in [0.2, 0.25) is 0 Å². The lowest BCUT2D eigenvalue weighted by molar-refractivity contribution is 0.674. The van der Waals surface area contributed by atoms with Crippen LogP contribution in [-0.2, 0) is 0 Å². The summed E-state index contributed by atoms with van der Waals surface area (Å²) in [6.07, 6.45) is 4.25. The predicted octanol–water partition coefficient (Wildman–Crippen LogP) is 2.58. The number of hydrogen-bond acceptors (Lipinski definition) is 3. The molecule has 0 spiro atoms. The quantitative estimate of drug-likeness (QED) is 0.850. The van der Waals surface area contributed by atoms with Crippen LogP contribution >= 0.6 is 0 Å². The molecule has 0 amide bonds. The minimum absolute atomic E-state index is 0.0674. The highest BCUT2D eigenvalue weighted by atomic mass is 15.1. The van der Waals surface area contributed by atoms with Crippen LogP contribution in [0.5, 0.6) is 0 Å². The first-order chi connectivity index (χ1) is 8.11. The van der Waals surface area contributed by atoms with Crippen molar-refractivity contribution in [3.05, 3.63) is 24.0 Å². The van der Waals surface area contributed by atoms with Gasteiger partial charge >= 0.3 is 0 Å². The number of pyridine rings is 1. The maximum atomic E-state index is 5.95. The zero-order valence-corrected chi connectivity index (χ0v) is 11.1. The van der Waals surface area contributed by atoms with Crippen molar-refractivity contribution in [3.8, 4) is 0 Å². The number of hydrogen-bond donors (Lipinski definition) is 1. The Balaban J connectivity index is 1.96. The Morgan fingerprint density at radius 1 is 1.53 bits per heavy atom. The Morgan fingerprint density at radius 3 is 2.71 bits per heavy atom. The van der Waals surface area contributed by atoms with E-state index in [0.29, 0.717) is 0 Å². The molecule has 1 saturated carbocycles. The molecule has 2 rings (SSSR count). The molecular weight excluding hydrogens is 210 g/mol. The van der Waals surface area contributed by atoms with Gasteiger partial charge in [-0.2, -0.15) is 0 Å². The first-order valence-electron chi connectivity index (χ1n) is 6.54. The fourth-order valence-corrected chi connectivity index (χ4v) is 2.16. The van der Waals surface area contributed by atoms with Crippen LogP contribution in [-0.4, -0.2) is 18.6 Å². The number of rotatable bonds is 5. The molecule has 1 heterocycles. The van der Waals surface area contributed by atoms with E-state index < -0.39 is 0 Å². The zero-order valence-electron chi connectivity index (χ0n) is 11.1. The first kappa shape index (κ1) is 12.4. The van der Waals surface area contributed by atoms with Crippen LogP contribution in [0.1, 0.15) is 38.4 Å². The molecule has 3 nitrogen and oxygen atoms in total. The summed E-state index contributed by atoms with van der Waals surface area (Å²) in [5, 5.41) is 0. The number of aromatic nitrogens is 1. The molecule has 94 valence electrons. The Hall–Kier alpha value is -1.09. The Kier molecular flexibility index (Phi) is 3.67. The molecule has 3 unspecified atom stereocenters. The van der Waals surface area contributed by atoms with Crippen molar-refractivity contribution in [1.29, 1.82) is 0 Å². The molecule has 3 heteroatoms. The molecule has 1 aliphatic carbocycles. The van der Waals surface area contributed by atoms with Crippen molar-refractivity contribution >= 4 is 5.69 Å². The van der Waals surface area contributed by atoms with Crippen molar-refractivity contribution in [2.24, 2.45) is 17.6 Å². The molecule has 1 aliphatic rings. The highest BCUT2D eigenvalue weighted by Gasteiger charge is 2.33. The minimum atomic E-state index is 0.0674. The van der Waals surface area contributed by atoms with Crippen LogP contribution in [0.2, 0.25) is 0 Å². The second kappa shape index (κ2) is 5.05. The van der Waals surface area contributed by atoms with Gasteiger partial charge in [-0.05, 0) is 36.8 Å². The molecule has 0 saturated heterocycles. The predicted molar refractivity (Wildman–Crippen MR) is 72.0 cm³/mol. The minimum Gasteiger partial charge on any atom is -0.373 e. The Labute approximate surface area is 104 Å². The normalized spacial score (nSPS) is 24.5. The number of anilines is 1. The lowest BCUT2D eigenvalue weighted by Crippen LogP contribution is -2.21. The van der Waals surface area contributed by atoms with Crippen molar-refractivity contribution in [2.45, 2.75) is 32.7 Å². The van der Waals surface area contributed by atoms with Gasteiger partial charge < -0.3 is 10.6 Å². The average Bonchev–Trinajstić information content (AvgIpc) is 3.04. The molecular formula is C14H23N3. The largest absolute Gasteiger partial charge is 0.373 e. The van der Waals surface area contributed by atoms with Gasteiger partial charge in [-0.15, -0.1) is 0 Å². The van der Waals surface area contributed by atoms with Crippen LogP contribution in [0.25, 0.3) is 0 Å². The smallest absolute Gasteiger partial charge is 0.0572 e. The van der Waals surface area contributed by atoms with E-state index in [1.54, 1.807) is 0 Å². The standard InChI is InChI=1S/C14H23N3/c1-4-13(15)14-6-5-12(8-16-14)17(3)9-11-7-10(11)2/h5-6,8,10-11,13H,4,7,9,15H2,1-3H3. The molecule has 0 radical (unpaired) electrons. The van der Waals surface area contributed by atoms with E-state index in [1.807, 2.05) is 6.20 Å². The van der Waals surface area contributed by atoms with E-state index in [9.17, 15) is 0 Å². The maximum Gasteiger partial charge on any atom is 0.0572 e. The number of nitrogens with zero attached hydrogens (tertiary/aromatic N) is 2. The molecule has 1 aromatic heterocycles. The lowest BCUT2D eigenvalue weighted by Gasteiger charge is -2.19. The van der Waals surface area contributed by atoms with Gasteiger partial charge in [0.15, 0.2) is 0 Å². The van der Waals surface area contributed by atoms with Gasteiger partial charge in [0, 0.05) is 19.6 Å². The molecule has 0 aromatic carbocycles. The van der Waals surface area contributed by atoms with Crippen molar-refractivity contribution < 1.29 is 0 Å². The molecule has 0 aliphatic heterocycles. The summed E-state index contributed by atoms with van der Waals surface area (Å²) in [7, 11) is 2.14. The van der Waals surface area contributed by atoms with Crippen molar-refractivity contribution in [1.82, 2.24) is 4.98 Å². The zero-order chi connectivity index (χ0) is 12.4. The SMILES string of the molecule is CCC(N)c1ccc(N(C)CC2CC2C)cn1. The summed E-state index contributed by atoms with van der Waals surface area (Å²) in [4.78, 5) is 6.74. The third-order valence-electron chi connectivity index (χ3n) is 3.82. The van der Waals surface area contributed by atoms with Gasteiger partial charge in [0.25, 0.3) is 0 Å². The molecule has 1 fully saturated rings. The maximum absolute atomic E-state index is 5.95. The lowest BCUT2D eigenvalue weighted by atomic mass is 10.1. The van der Waals surface area contributed by atoms with Crippen LogP contribution < -0.4 is 10.6 Å². The molecule has 3 atom stereocenters. The molecule has 2 N–H and O–H groups in total. The fraction of sp³-hybridized carbons (Fsp3) is 0.643. The Bertz CT molecular complexity index is 360. The summed E-state index contributed by atoms with van der Waals surface area (Å²) in [5.74, 6) is 1.77. The topological polar surface area (TPSA) is 42.1 Å². The van der Waals surface area contributed by atoms with E-state index >= 15 is 0 Å². The third-order valence-corrected chi connectivity index (χ3v) is 3.82. The van der Waals surface area contributed by atoms with E-state index in [0.717, 1.165) is 30.5 Å². The van der Waals surface area contributed by atoms with Crippen molar-refractivity contribution in [3.63, 3.8) is 0 Å². The summed E-state index contributed by atoms with van der Waals surface area (Å²) in [6.45, 7) is 5.54. The summed E-state index contributed by atoms with van der Waals surface area (Å²) in [6, 6.07) is 4.25. The van der Waals surface area contributed by atoms with E-state index in [4.69, 9.17) is 5.73 Å². The fourth-order valence-electron chi connectivity index (χ4n) is 2.16. The summed E-state index contributed by atoms with van der Waals surface area (Å²) < 4.78 is 0. The third kappa shape index (κ3) is 2.97. The van der Waals surface area contributed by atoms with Crippen molar-refractivity contribution in [2.75, 3.05) is 18.5 Å². The molecule has 17 heavy (non-hydrogen) atoms. The van der Waals surface area contributed by atoms with E-state index in [1.165, 1.54) is 12.1 Å². The van der Waals surface area contributed by atoms with Crippen LogP contribution in [0, 0.1) is 11.8 Å². The highest BCUT2D eigenvalue weighted by Crippen LogP contribution is 2.38. The second-order valence-electron chi connectivity index (χ2n) is 5.31. The summed E-state index contributed by atoms with van der Waals surface area (Å²) >= 11 is 0. The monoisotopic (exact) mass is 233 g/mol. The van der Waals surface area contributed by atoms with Gasteiger partial charge in [-0.25, -0.2) is 0 Å². The first-order valence-corrected chi connectivity index (χ1v) is 6.54. The van der Waals surface area contributed by atoms with Crippen LogP contribution in [0.15, 0.2) is 18.3 Å². The average molecular weight is 233 g/mol. The van der Waals surface area contributed by atoms with E-state index in [-0.39, 0.29) is 6.04 Å². The second-order valence-corrected chi connectivity index (χ2v) is 5.31. The van der Waals surface area contributed by atoms with Gasteiger partial charge in [0.05, 0.1) is 17.6 Å². The number of nitrogens with two attached hydrogens (primary N) is 1. The van der Waals surface area contributed by atoms with Crippen LogP contribution in [0.4, 0.5) is 5.69 Å². The highest BCUT2D eigenvalue weighted by molar-refractivity contribution is 5.44. The van der Waals surface area contributed by atoms with Crippen LogP contribution in [0.3, 0.4) is 0 Å². The summed E-state index contributed by atoms with van der Waals surface area (Å²) in [5.41, 5.74) is 8.13. The van der Waals surface area contributed by atoms with E-state index in [2.05, 4.69) is 42.9 Å². The van der Waals surface area contributed by atoms with Gasteiger partial charge in [-0.1, -0.05) is 13.8 Å². The molecule has 0 bridgehead atoms. The Morgan fingerprint density at radius 2 is 2.24 bits per heavy atom. The van der Waals surface area contributed by atoms with Gasteiger partial charge in [-0.3, -0.25) is 4.98 Å². The molecule has 1 aromatic rings. The van der Waals surface area contributed by atoms with Gasteiger partial charge in [0.1, 0.15) is 0 Å².